The van der Waals surface area contributed by atoms with Gasteiger partial charge in [0, 0.05) is 18.7 Å². The zero-order valence-electron chi connectivity index (χ0n) is 10.00. The van der Waals surface area contributed by atoms with Gasteiger partial charge < -0.3 is 10.4 Å². The van der Waals surface area contributed by atoms with Crippen molar-refractivity contribution in [3.63, 3.8) is 0 Å². The lowest BCUT2D eigenvalue weighted by Crippen LogP contribution is -2.07. The predicted octanol–water partition coefficient (Wildman–Crippen LogP) is 3.62. The molecular weight excluding hydrogens is 304 g/mol. The van der Waals surface area contributed by atoms with Gasteiger partial charge in [-0.2, -0.15) is 11.3 Å². The van der Waals surface area contributed by atoms with E-state index in [2.05, 4.69) is 5.32 Å². The second kappa shape index (κ2) is 5.89. The molecule has 0 saturated carbocycles. The fraction of sp³-hybridized carbons (Fsp3) is 0.0833. The standard InChI is InChI=1S/C12H9ClN2O4S/c13-10-4-8(15(18)19)3-9(12(16)17)11(10)14-5-7-1-2-20-6-7/h1-4,6,14H,5H2,(H,16,17). The van der Waals surface area contributed by atoms with Crippen molar-refractivity contribution < 1.29 is 14.8 Å². The Morgan fingerprint density at radius 3 is 2.80 bits per heavy atom. The molecule has 0 aliphatic carbocycles. The number of hydrogen-bond acceptors (Lipinski definition) is 5. The Kier molecular flexibility index (Phi) is 4.21. The molecule has 0 aliphatic rings. The van der Waals surface area contributed by atoms with Crippen molar-refractivity contribution in [1.82, 2.24) is 0 Å². The number of halogens is 1. The first-order valence-electron chi connectivity index (χ1n) is 5.45. The molecule has 1 aromatic carbocycles. The number of rotatable bonds is 5. The highest BCUT2D eigenvalue weighted by Gasteiger charge is 2.19. The van der Waals surface area contributed by atoms with Crippen molar-refractivity contribution in [2.24, 2.45) is 0 Å². The third-order valence-corrected chi connectivity index (χ3v) is 3.60. The molecule has 0 saturated heterocycles. The number of nitrogens with zero attached hydrogens (tertiary/aromatic N) is 1. The monoisotopic (exact) mass is 312 g/mol. The number of carboxylic acid groups (broad SMARTS) is 1. The third-order valence-electron chi connectivity index (χ3n) is 2.57. The van der Waals surface area contributed by atoms with E-state index in [1.165, 1.54) is 11.3 Å². The fourth-order valence-corrected chi connectivity index (χ4v) is 2.58. The average Bonchev–Trinajstić information content (AvgIpc) is 2.89. The minimum absolute atomic E-state index is 0.00632. The van der Waals surface area contributed by atoms with E-state index in [0.717, 1.165) is 17.7 Å². The van der Waals surface area contributed by atoms with Crippen molar-refractivity contribution >= 4 is 40.3 Å². The van der Waals surface area contributed by atoms with Crippen LogP contribution in [0.15, 0.2) is 29.0 Å². The molecule has 20 heavy (non-hydrogen) atoms. The number of carboxylic acids is 1. The molecule has 0 aliphatic heterocycles. The molecule has 0 fully saturated rings. The summed E-state index contributed by atoms with van der Waals surface area (Å²) in [6.07, 6.45) is 0. The van der Waals surface area contributed by atoms with Gasteiger partial charge in [-0.1, -0.05) is 11.6 Å². The highest BCUT2D eigenvalue weighted by atomic mass is 35.5. The van der Waals surface area contributed by atoms with E-state index in [9.17, 15) is 14.9 Å². The average molecular weight is 313 g/mol. The fourth-order valence-electron chi connectivity index (χ4n) is 1.63. The maximum atomic E-state index is 11.2. The maximum absolute atomic E-state index is 11.2. The molecule has 0 bridgehead atoms. The van der Waals surface area contributed by atoms with Crippen LogP contribution < -0.4 is 5.32 Å². The van der Waals surface area contributed by atoms with Crippen molar-refractivity contribution in [2.75, 3.05) is 5.32 Å². The van der Waals surface area contributed by atoms with Crippen molar-refractivity contribution in [1.29, 1.82) is 0 Å². The Morgan fingerprint density at radius 2 is 2.25 bits per heavy atom. The SMILES string of the molecule is O=C(O)c1cc([N+](=O)[O-])cc(Cl)c1NCc1ccsc1. The van der Waals surface area contributed by atoms with Gasteiger partial charge in [0.25, 0.3) is 5.69 Å². The number of nitro benzene ring substituents is 1. The van der Waals surface area contributed by atoms with Gasteiger partial charge in [0.15, 0.2) is 0 Å². The van der Waals surface area contributed by atoms with Gasteiger partial charge in [-0.3, -0.25) is 10.1 Å². The molecule has 6 nitrogen and oxygen atoms in total. The van der Waals surface area contributed by atoms with Gasteiger partial charge in [0.05, 0.1) is 21.2 Å². The summed E-state index contributed by atoms with van der Waals surface area (Å²) in [5, 5.41) is 26.6. The molecule has 0 spiro atoms. The molecule has 8 heteroatoms. The van der Waals surface area contributed by atoms with Crippen LogP contribution in [0.4, 0.5) is 11.4 Å². The van der Waals surface area contributed by atoms with Crippen LogP contribution in [-0.4, -0.2) is 16.0 Å². The Morgan fingerprint density at radius 1 is 1.50 bits per heavy atom. The first-order chi connectivity index (χ1) is 9.49. The van der Waals surface area contributed by atoms with Crippen LogP contribution >= 0.6 is 22.9 Å². The lowest BCUT2D eigenvalue weighted by atomic mass is 10.1. The summed E-state index contributed by atoms with van der Waals surface area (Å²) in [6.45, 7) is 0.390. The smallest absolute Gasteiger partial charge is 0.338 e. The van der Waals surface area contributed by atoms with E-state index < -0.39 is 10.9 Å². The molecule has 1 aromatic heterocycles. The summed E-state index contributed by atoms with van der Waals surface area (Å²) in [6, 6.07) is 4.01. The van der Waals surface area contributed by atoms with E-state index in [-0.39, 0.29) is 22.0 Å². The van der Waals surface area contributed by atoms with E-state index in [0.29, 0.717) is 6.54 Å². The number of benzene rings is 1. The molecule has 1 heterocycles. The zero-order chi connectivity index (χ0) is 14.7. The number of non-ortho nitro benzene ring substituents is 1. The van der Waals surface area contributed by atoms with E-state index in [4.69, 9.17) is 16.7 Å². The topological polar surface area (TPSA) is 92.5 Å². The second-order valence-electron chi connectivity index (χ2n) is 3.90. The number of thiophene rings is 1. The maximum Gasteiger partial charge on any atom is 0.338 e. The van der Waals surface area contributed by atoms with E-state index in [1.54, 1.807) is 0 Å². The van der Waals surface area contributed by atoms with Gasteiger partial charge in [-0.25, -0.2) is 4.79 Å². The molecule has 0 radical (unpaired) electrons. The first-order valence-corrected chi connectivity index (χ1v) is 6.77. The van der Waals surface area contributed by atoms with Crippen LogP contribution in [0.3, 0.4) is 0 Å². The molecular formula is C12H9ClN2O4S. The summed E-state index contributed by atoms with van der Waals surface area (Å²) in [5.41, 5.74) is 0.574. The lowest BCUT2D eigenvalue weighted by molar-refractivity contribution is -0.384. The van der Waals surface area contributed by atoms with Crippen molar-refractivity contribution in [3.8, 4) is 0 Å². The zero-order valence-corrected chi connectivity index (χ0v) is 11.6. The number of aromatic carboxylic acids is 1. The van der Waals surface area contributed by atoms with Gasteiger partial charge in [0.2, 0.25) is 0 Å². The van der Waals surface area contributed by atoms with Gasteiger partial charge in [-0.15, -0.1) is 0 Å². The minimum atomic E-state index is -1.27. The summed E-state index contributed by atoms with van der Waals surface area (Å²) >= 11 is 7.45. The first kappa shape index (κ1) is 14.3. The Labute approximate surface area is 122 Å². The summed E-state index contributed by atoms with van der Waals surface area (Å²) in [5.74, 6) is -1.27. The Balaban J connectivity index is 2.35. The number of nitrogens with one attached hydrogen (secondary N) is 1. The Bertz CT molecular complexity index is 658. The molecule has 2 N–H and O–H groups in total. The van der Waals surface area contributed by atoms with Crippen LogP contribution in [0.5, 0.6) is 0 Å². The Hall–Kier alpha value is -2.12. The van der Waals surface area contributed by atoms with Crippen LogP contribution in [0.1, 0.15) is 15.9 Å². The number of anilines is 1. The van der Waals surface area contributed by atoms with Gasteiger partial charge >= 0.3 is 5.97 Å². The predicted molar refractivity (Wildman–Crippen MR) is 76.7 cm³/mol. The highest BCUT2D eigenvalue weighted by molar-refractivity contribution is 7.07. The molecule has 0 amide bonds. The third kappa shape index (κ3) is 3.06. The largest absolute Gasteiger partial charge is 0.478 e. The normalized spacial score (nSPS) is 10.2. The van der Waals surface area contributed by atoms with Gasteiger partial charge in [-0.05, 0) is 22.4 Å². The van der Waals surface area contributed by atoms with Crippen molar-refractivity contribution in [2.45, 2.75) is 6.54 Å². The summed E-state index contributed by atoms with van der Waals surface area (Å²) in [4.78, 5) is 21.2. The molecule has 0 unspecified atom stereocenters. The molecule has 2 rings (SSSR count). The molecule has 104 valence electrons. The van der Waals surface area contributed by atoms with Gasteiger partial charge in [0.1, 0.15) is 0 Å². The molecule has 2 aromatic rings. The summed E-state index contributed by atoms with van der Waals surface area (Å²) in [7, 11) is 0. The number of carbonyl (C=O) groups is 1. The van der Waals surface area contributed by atoms with Crippen molar-refractivity contribution in [3.05, 3.63) is 55.2 Å². The summed E-state index contributed by atoms with van der Waals surface area (Å²) < 4.78 is 0. The van der Waals surface area contributed by atoms with Crippen LogP contribution in [0.25, 0.3) is 0 Å². The van der Waals surface area contributed by atoms with Crippen LogP contribution in [0.2, 0.25) is 5.02 Å². The quantitative estimate of drug-likeness (QED) is 0.649. The number of nitro groups is 1. The lowest BCUT2D eigenvalue weighted by Gasteiger charge is -2.11. The number of hydrogen-bond donors (Lipinski definition) is 2. The minimum Gasteiger partial charge on any atom is -0.478 e. The molecule has 0 atom stereocenters. The van der Waals surface area contributed by atoms with E-state index in [1.807, 2.05) is 16.8 Å². The van der Waals surface area contributed by atoms with E-state index >= 15 is 0 Å². The second-order valence-corrected chi connectivity index (χ2v) is 5.08. The van der Waals surface area contributed by atoms with Crippen LogP contribution in [0, 0.1) is 10.1 Å². The highest BCUT2D eigenvalue weighted by Crippen LogP contribution is 2.31. The van der Waals surface area contributed by atoms with Crippen LogP contribution in [-0.2, 0) is 6.54 Å².